The number of nitrogens with one attached hydrogen (secondary N) is 2. The van der Waals surface area contributed by atoms with Crippen molar-refractivity contribution in [3.8, 4) is 0 Å². The third-order valence-corrected chi connectivity index (χ3v) is 3.85. The lowest BCUT2D eigenvalue weighted by Gasteiger charge is -2.08. The molecular weight excluding hydrogens is 216 g/mol. The molecule has 0 aromatic heterocycles. The Bertz CT molecular complexity index is 260. The maximum Gasteiger partial charge on any atom is 0.290 e. The highest BCUT2D eigenvalue weighted by Gasteiger charge is 2.23. The number of hydroxylamine groups is 1. The van der Waals surface area contributed by atoms with Crippen LogP contribution in [-0.4, -0.2) is 38.3 Å². The van der Waals surface area contributed by atoms with Crippen LogP contribution in [-0.2, 0) is 19.2 Å². The van der Waals surface area contributed by atoms with Gasteiger partial charge in [-0.3, -0.25) is 4.79 Å². The summed E-state index contributed by atoms with van der Waals surface area (Å²) in [6.07, 6.45) is 0.173. The molecule has 0 aromatic rings. The molecule has 0 radical (unpaired) electrons. The van der Waals surface area contributed by atoms with Crippen LogP contribution in [0, 0.1) is 0 Å². The largest absolute Gasteiger partial charge is 0.304 e. The van der Waals surface area contributed by atoms with Crippen LogP contribution in [0.4, 0.5) is 0 Å². The molecule has 0 bridgehead atoms. The monoisotopic (exact) mass is 226 g/mol. The van der Waals surface area contributed by atoms with Gasteiger partial charge >= 0.3 is 0 Å². The molecule has 0 aromatic carbocycles. The first-order chi connectivity index (χ1) is 6.14. The summed E-state index contributed by atoms with van der Waals surface area (Å²) in [7, 11) is -3.65. The van der Waals surface area contributed by atoms with Gasteiger partial charge < -0.3 is 5.32 Å². The average Bonchev–Trinajstić information content (AvgIpc) is 2.52. The molecule has 2 N–H and O–H groups in total. The quantitative estimate of drug-likeness (QED) is 0.446. The smallest absolute Gasteiger partial charge is 0.290 e. The summed E-state index contributed by atoms with van der Waals surface area (Å²) in [6.45, 7) is 0.798. The fraction of sp³-hybridized carbons (Fsp3) is 0.800. The molecule has 1 aliphatic rings. The van der Waals surface area contributed by atoms with Gasteiger partial charge in [-0.1, -0.05) is 0 Å². The molecule has 1 aliphatic heterocycles. The Morgan fingerprint density at radius 1 is 1.69 bits per heavy atom. The second kappa shape index (κ2) is 4.80. The van der Waals surface area contributed by atoms with Gasteiger partial charge in [0.25, 0.3) is 10.1 Å². The number of amides is 1. The summed E-state index contributed by atoms with van der Waals surface area (Å²) >= 11 is 1.52. The van der Waals surface area contributed by atoms with E-state index in [9.17, 15) is 13.2 Å². The standard InChI is InChI=1S/C5H10N2O4S2/c8-4-7-11-13(9,10)3-5-6-1-2-12-5/h4-6H,1-3H2,(H,7,8)/t5-/m1/s1. The highest BCUT2D eigenvalue weighted by molar-refractivity contribution is 8.01. The summed E-state index contributed by atoms with van der Waals surface area (Å²) in [5.74, 6) is 0.750. The summed E-state index contributed by atoms with van der Waals surface area (Å²) in [5, 5.41) is 2.84. The maximum absolute atomic E-state index is 11.0. The molecule has 13 heavy (non-hydrogen) atoms. The van der Waals surface area contributed by atoms with Crippen molar-refractivity contribution in [1.82, 2.24) is 10.8 Å². The van der Waals surface area contributed by atoms with E-state index in [4.69, 9.17) is 0 Å². The predicted octanol–water partition coefficient (Wildman–Crippen LogP) is -1.34. The molecule has 76 valence electrons. The normalized spacial score (nSPS) is 22.9. The van der Waals surface area contributed by atoms with Gasteiger partial charge in [-0.25, -0.2) is 5.48 Å². The Balaban J connectivity index is 2.36. The Morgan fingerprint density at radius 2 is 2.46 bits per heavy atom. The first-order valence-corrected chi connectivity index (χ1v) is 6.22. The predicted molar refractivity (Wildman–Crippen MR) is 48.3 cm³/mol. The molecule has 1 atom stereocenters. The van der Waals surface area contributed by atoms with E-state index in [1.54, 1.807) is 5.48 Å². The van der Waals surface area contributed by atoms with Crippen molar-refractivity contribution < 1.29 is 17.5 Å². The van der Waals surface area contributed by atoms with E-state index in [0.717, 1.165) is 12.3 Å². The van der Waals surface area contributed by atoms with E-state index < -0.39 is 10.1 Å². The van der Waals surface area contributed by atoms with Crippen LogP contribution in [0.25, 0.3) is 0 Å². The topological polar surface area (TPSA) is 84.5 Å². The fourth-order valence-electron chi connectivity index (χ4n) is 0.899. The van der Waals surface area contributed by atoms with Crippen molar-refractivity contribution in [3.63, 3.8) is 0 Å². The van der Waals surface area contributed by atoms with Crippen molar-refractivity contribution >= 4 is 28.3 Å². The highest BCUT2D eigenvalue weighted by atomic mass is 32.2. The highest BCUT2D eigenvalue weighted by Crippen LogP contribution is 2.15. The third kappa shape index (κ3) is 3.94. The van der Waals surface area contributed by atoms with Crippen LogP contribution in [0.1, 0.15) is 0 Å². The van der Waals surface area contributed by atoms with E-state index in [1.165, 1.54) is 11.8 Å². The molecule has 0 spiro atoms. The zero-order chi connectivity index (χ0) is 9.73. The average molecular weight is 226 g/mol. The molecule has 1 saturated heterocycles. The zero-order valence-electron chi connectivity index (χ0n) is 6.73. The minimum atomic E-state index is -3.65. The van der Waals surface area contributed by atoms with Crippen molar-refractivity contribution in [2.45, 2.75) is 5.37 Å². The second-order valence-corrected chi connectivity index (χ2v) is 5.28. The molecule has 0 unspecified atom stereocenters. The van der Waals surface area contributed by atoms with E-state index in [1.807, 2.05) is 0 Å². The maximum atomic E-state index is 11.0. The Labute approximate surface area is 80.5 Å². The van der Waals surface area contributed by atoms with E-state index in [0.29, 0.717) is 0 Å². The van der Waals surface area contributed by atoms with Crippen LogP contribution in [0.2, 0.25) is 0 Å². The van der Waals surface area contributed by atoms with Gasteiger partial charge in [0.1, 0.15) is 5.75 Å². The molecule has 0 aliphatic carbocycles. The van der Waals surface area contributed by atoms with Crippen molar-refractivity contribution in [2.24, 2.45) is 0 Å². The summed E-state index contributed by atoms with van der Waals surface area (Å²) in [6, 6.07) is 0. The van der Waals surface area contributed by atoms with E-state index >= 15 is 0 Å². The molecule has 1 heterocycles. The van der Waals surface area contributed by atoms with Gasteiger partial charge in [-0.05, 0) is 0 Å². The van der Waals surface area contributed by atoms with Crippen molar-refractivity contribution in [2.75, 3.05) is 18.1 Å². The third-order valence-electron chi connectivity index (χ3n) is 1.37. The van der Waals surface area contributed by atoms with Gasteiger partial charge in [0.05, 0.1) is 5.37 Å². The van der Waals surface area contributed by atoms with Gasteiger partial charge in [0.2, 0.25) is 6.41 Å². The first kappa shape index (κ1) is 10.8. The first-order valence-electron chi connectivity index (χ1n) is 3.59. The van der Waals surface area contributed by atoms with Gasteiger partial charge in [-0.15, -0.1) is 16.0 Å². The van der Waals surface area contributed by atoms with Crippen LogP contribution in [0.15, 0.2) is 0 Å². The molecule has 1 amide bonds. The lowest BCUT2D eigenvalue weighted by molar-refractivity contribution is -0.115. The molecular formula is C5H10N2O4S2. The summed E-state index contributed by atoms with van der Waals surface area (Å²) in [4.78, 5) is 9.77. The van der Waals surface area contributed by atoms with Crippen molar-refractivity contribution in [3.05, 3.63) is 0 Å². The zero-order valence-corrected chi connectivity index (χ0v) is 8.36. The minimum Gasteiger partial charge on any atom is -0.304 e. The fourth-order valence-corrected chi connectivity index (χ4v) is 3.28. The molecule has 8 heteroatoms. The molecule has 6 nitrogen and oxygen atoms in total. The number of hydrogen-bond acceptors (Lipinski definition) is 6. The number of carbonyl (C=O) groups is 1. The van der Waals surface area contributed by atoms with Gasteiger partial charge in [0, 0.05) is 12.3 Å². The second-order valence-electron chi connectivity index (χ2n) is 2.36. The van der Waals surface area contributed by atoms with E-state index in [-0.39, 0.29) is 17.5 Å². The molecule has 1 fully saturated rings. The number of rotatable bonds is 5. The summed E-state index contributed by atoms with van der Waals surface area (Å²) < 4.78 is 26.2. The Morgan fingerprint density at radius 3 is 3.00 bits per heavy atom. The molecule has 1 rings (SSSR count). The van der Waals surface area contributed by atoms with Gasteiger partial charge in [0.15, 0.2) is 0 Å². The minimum absolute atomic E-state index is 0.140. The van der Waals surface area contributed by atoms with Gasteiger partial charge in [-0.2, -0.15) is 8.42 Å². The number of thioether (sulfide) groups is 1. The number of hydrogen-bond donors (Lipinski definition) is 2. The van der Waals surface area contributed by atoms with Crippen LogP contribution >= 0.6 is 11.8 Å². The van der Waals surface area contributed by atoms with Crippen LogP contribution in [0.3, 0.4) is 0 Å². The number of carbonyl (C=O) groups excluding carboxylic acids is 1. The van der Waals surface area contributed by atoms with E-state index in [2.05, 4.69) is 9.60 Å². The lowest BCUT2D eigenvalue weighted by atomic mass is 10.7. The Hall–Kier alpha value is -0.310. The van der Waals surface area contributed by atoms with Crippen LogP contribution < -0.4 is 10.8 Å². The Kier molecular flexibility index (Phi) is 3.97. The molecule has 0 saturated carbocycles. The van der Waals surface area contributed by atoms with Crippen LogP contribution in [0.5, 0.6) is 0 Å². The lowest BCUT2D eigenvalue weighted by Crippen LogP contribution is -2.31. The summed E-state index contributed by atoms with van der Waals surface area (Å²) in [5.41, 5.74) is 1.66. The van der Waals surface area contributed by atoms with Crippen molar-refractivity contribution in [1.29, 1.82) is 0 Å². The SMILES string of the molecule is O=CNOS(=O)(=O)C[C@@H]1NCCS1.